The van der Waals surface area contributed by atoms with Crippen molar-refractivity contribution in [3.05, 3.63) is 45.3 Å². The molecule has 0 fully saturated rings. The highest BCUT2D eigenvalue weighted by Gasteiger charge is 2.26. The zero-order valence-electron chi connectivity index (χ0n) is 12.8. The van der Waals surface area contributed by atoms with Crippen molar-refractivity contribution in [2.45, 2.75) is 25.7 Å². The Morgan fingerprint density at radius 1 is 1.25 bits per heavy atom. The summed E-state index contributed by atoms with van der Waals surface area (Å²) in [5.74, 6) is -0.994. The summed E-state index contributed by atoms with van der Waals surface area (Å²) in [4.78, 5) is 24.7. The van der Waals surface area contributed by atoms with Gasteiger partial charge in [-0.1, -0.05) is 23.7 Å². The molecule has 1 aliphatic rings. The van der Waals surface area contributed by atoms with E-state index in [2.05, 4.69) is 5.32 Å². The molecule has 2 N–H and O–H groups in total. The van der Waals surface area contributed by atoms with Gasteiger partial charge in [-0.2, -0.15) is 0 Å². The molecule has 0 unspecified atom stereocenters. The van der Waals surface area contributed by atoms with Gasteiger partial charge in [0.2, 0.25) is 0 Å². The third-order valence-corrected chi connectivity index (χ3v) is 5.35. The number of anilines is 1. The number of thiophene rings is 1. The highest BCUT2D eigenvalue weighted by atomic mass is 35.5. The first-order valence-electron chi connectivity index (χ1n) is 7.61. The minimum absolute atomic E-state index is 0.223. The maximum absolute atomic E-state index is 12.1. The summed E-state index contributed by atoms with van der Waals surface area (Å²) in [5, 5.41) is 13.0. The molecule has 0 saturated heterocycles. The van der Waals surface area contributed by atoms with Crippen molar-refractivity contribution in [2.75, 3.05) is 11.9 Å². The second-order valence-electron chi connectivity index (χ2n) is 5.49. The van der Waals surface area contributed by atoms with Gasteiger partial charge in [0.15, 0.2) is 6.61 Å². The molecule has 5 nitrogen and oxygen atoms in total. The minimum atomic E-state index is -1.00. The second kappa shape index (κ2) is 7.23. The maximum Gasteiger partial charge on any atom is 0.339 e. The Morgan fingerprint density at radius 2 is 2.00 bits per heavy atom. The van der Waals surface area contributed by atoms with Gasteiger partial charge in [-0.15, -0.1) is 11.3 Å². The number of aromatic carboxylic acids is 1. The van der Waals surface area contributed by atoms with Crippen molar-refractivity contribution in [2.24, 2.45) is 0 Å². The fourth-order valence-electron chi connectivity index (χ4n) is 2.75. The van der Waals surface area contributed by atoms with E-state index in [1.807, 2.05) is 0 Å². The average Bonchev–Trinajstić information content (AvgIpc) is 2.92. The van der Waals surface area contributed by atoms with Crippen molar-refractivity contribution in [1.82, 2.24) is 0 Å². The molecule has 126 valence electrons. The van der Waals surface area contributed by atoms with Gasteiger partial charge < -0.3 is 15.2 Å². The molecule has 3 rings (SSSR count). The predicted octanol–water partition coefficient (Wildman–Crippen LogP) is 4.00. The standard InChI is InChI=1S/C17H16ClNO4S/c18-11-6-2-3-7-12(11)23-9-14(20)19-16-15(17(21)22)10-5-1-4-8-13(10)24-16/h2-3,6-7H,1,4-5,8-9H2,(H,19,20)(H,21,22). The van der Waals surface area contributed by atoms with Crippen molar-refractivity contribution in [3.63, 3.8) is 0 Å². The highest BCUT2D eigenvalue weighted by molar-refractivity contribution is 7.17. The first kappa shape index (κ1) is 16.8. The Balaban J connectivity index is 1.71. The van der Waals surface area contributed by atoms with Crippen LogP contribution in [0, 0.1) is 0 Å². The van der Waals surface area contributed by atoms with Crippen LogP contribution in [0.5, 0.6) is 5.75 Å². The summed E-state index contributed by atoms with van der Waals surface area (Å²) in [6.45, 7) is -0.231. The second-order valence-corrected chi connectivity index (χ2v) is 7.00. The molecule has 24 heavy (non-hydrogen) atoms. The summed E-state index contributed by atoms with van der Waals surface area (Å²) in [6.07, 6.45) is 3.65. The number of carbonyl (C=O) groups is 2. The zero-order valence-corrected chi connectivity index (χ0v) is 14.4. The number of fused-ring (bicyclic) bond motifs is 1. The smallest absolute Gasteiger partial charge is 0.339 e. The van der Waals surface area contributed by atoms with Crippen LogP contribution in [0.15, 0.2) is 24.3 Å². The first-order valence-corrected chi connectivity index (χ1v) is 8.80. The van der Waals surface area contributed by atoms with Crippen molar-refractivity contribution in [1.29, 1.82) is 0 Å². The number of aryl methyl sites for hydroxylation is 1. The number of hydrogen-bond acceptors (Lipinski definition) is 4. The van der Waals surface area contributed by atoms with Gasteiger partial charge in [0.05, 0.1) is 10.6 Å². The average molecular weight is 366 g/mol. The van der Waals surface area contributed by atoms with E-state index in [1.165, 1.54) is 11.3 Å². The topological polar surface area (TPSA) is 75.6 Å². The van der Waals surface area contributed by atoms with E-state index < -0.39 is 11.9 Å². The molecule has 1 aromatic carbocycles. The molecule has 0 aliphatic heterocycles. The van der Waals surface area contributed by atoms with Crippen LogP contribution in [0.4, 0.5) is 5.00 Å². The molecule has 7 heteroatoms. The van der Waals surface area contributed by atoms with Gasteiger partial charge in [-0.25, -0.2) is 4.79 Å². The van der Waals surface area contributed by atoms with E-state index in [4.69, 9.17) is 16.3 Å². The lowest BCUT2D eigenvalue weighted by Crippen LogP contribution is -2.21. The molecule has 1 heterocycles. The number of para-hydroxylation sites is 1. The molecule has 0 spiro atoms. The lowest BCUT2D eigenvalue weighted by atomic mass is 9.95. The number of carbonyl (C=O) groups excluding carboxylic acids is 1. The van der Waals surface area contributed by atoms with E-state index in [0.29, 0.717) is 15.8 Å². The molecular weight excluding hydrogens is 350 g/mol. The largest absolute Gasteiger partial charge is 0.482 e. The van der Waals surface area contributed by atoms with E-state index in [-0.39, 0.29) is 12.2 Å². The van der Waals surface area contributed by atoms with Gasteiger partial charge in [0, 0.05) is 4.88 Å². The Morgan fingerprint density at radius 3 is 2.75 bits per heavy atom. The van der Waals surface area contributed by atoms with Crippen LogP contribution in [0.3, 0.4) is 0 Å². The normalized spacial score (nSPS) is 13.2. The van der Waals surface area contributed by atoms with E-state index in [0.717, 1.165) is 36.1 Å². The van der Waals surface area contributed by atoms with Crippen LogP contribution in [-0.4, -0.2) is 23.6 Å². The summed E-state index contributed by atoms with van der Waals surface area (Å²) < 4.78 is 5.39. The lowest BCUT2D eigenvalue weighted by molar-refractivity contribution is -0.118. The fraction of sp³-hybridized carbons (Fsp3) is 0.294. The SMILES string of the molecule is O=C(COc1ccccc1Cl)Nc1sc2c(c1C(=O)O)CCCC2. The Hall–Kier alpha value is -2.05. The molecule has 0 saturated carbocycles. The van der Waals surface area contributed by atoms with Crippen molar-refractivity contribution < 1.29 is 19.4 Å². The number of amides is 1. The van der Waals surface area contributed by atoms with Gasteiger partial charge in [0.1, 0.15) is 10.8 Å². The van der Waals surface area contributed by atoms with Crippen LogP contribution in [0.1, 0.15) is 33.6 Å². The summed E-state index contributed by atoms with van der Waals surface area (Å²) in [6, 6.07) is 6.87. The summed E-state index contributed by atoms with van der Waals surface area (Å²) in [5.41, 5.74) is 1.09. The Labute approximate surface area is 148 Å². The van der Waals surface area contributed by atoms with Gasteiger partial charge in [-0.05, 0) is 43.4 Å². The molecular formula is C17H16ClNO4S. The number of rotatable bonds is 5. The number of halogens is 1. The number of benzene rings is 1. The summed E-state index contributed by atoms with van der Waals surface area (Å²) >= 11 is 7.32. The predicted molar refractivity (Wildman–Crippen MR) is 93.5 cm³/mol. The van der Waals surface area contributed by atoms with Gasteiger partial charge >= 0.3 is 5.97 Å². The highest BCUT2D eigenvalue weighted by Crippen LogP contribution is 2.38. The quantitative estimate of drug-likeness (QED) is 0.839. The fourth-order valence-corrected chi connectivity index (χ4v) is 4.24. The number of nitrogens with one attached hydrogen (secondary N) is 1. The van der Waals surface area contributed by atoms with Crippen molar-refractivity contribution >= 4 is 39.8 Å². The monoisotopic (exact) mass is 365 g/mol. The molecule has 0 radical (unpaired) electrons. The molecule has 1 aliphatic carbocycles. The Kier molecular flexibility index (Phi) is 5.06. The number of ether oxygens (including phenoxy) is 1. The van der Waals surface area contributed by atoms with E-state index in [1.54, 1.807) is 24.3 Å². The maximum atomic E-state index is 12.1. The van der Waals surface area contributed by atoms with Crippen LogP contribution in [0.25, 0.3) is 0 Å². The van der Waals surface area contributed by atoms with Gasteiger partial charge in [-0.3, -0.25) is 4.79 Å². The third-order valence-electron chi connectivity index (χ3n) is 3.83. The van der Waals surface area contributed by atoms with Crippen LogP contribution < -0.4 is 10.1 Å². The molecule has 1 amide bonds. The third kappa shape index (κ3) is 3.55. The first-order chi connectivity index (χ1) is 11.6. The van der Waals surface area contributed by atoms with Crippen LogP contribution in [0.2, 0.25) is 5.02 Å². The van der Waals surface area contributed by atoms with E-state index in [9.17, 15) is 14.7 Å². The molecule has 2 aromatic rings. The lowest BCUT2D eigenvalue weighted by Gasteiger charge is -2.11. The Bertz CT molecular complexity index is 787. The van der Waals surface area contributed by atoms with E-state index >= 15 is 0 Å². The van der Waals surface area contributed by atoms with Crippen molar-refractivity contribution in [3.8, 4) is 5.75 Å². The van der Waals surface area contributed by atoms with Crippen LogP contribution >= 0.6 is 22.9 Å². The zero-order chi connectivity index (χ0) is 17.1. The number of carboxylic acids is 1. The number of carboxylic acid groups (broad SMARTS) is 1. The molecule has 0 bridgehead atoms. The number of hydrogen-bond donors (Lipinski definition) is 2. The summed E-state index contributed by atoms with van der Waals surface area (Å²) in [7, 11) is 0. The van der Waals surface area contributed by atoms with Gasteiger partial charge in [0.25, 0.3) is 5.91 Å². The minimum Gasteiger partial charge on any atom is -0.482 e. The molecule has 1 aromatic heterocycles. The van der Waals surface area contributed by atoms with Crippen LogP contribution in [-0.2, 0) is 17.6 Å². The molecule has 0 atom stereocenters.